The lowest BCUT2D eigenvalue weighted by atomic mass is 9.86. The first-order chi connectivity index (χ1) is 11.3. The Morgan fingerprint density at radius 3 is 2.38 bits per heavy atom. The Labute approximate surface area is 151 Å². The number of carboxylic acid groups (broad SMARTS) is 1. The van der Waals surface area contributed by atoms with Crippen LogP contribution in [0, 0.1) is 6.57 Å². The first-order valence-electron chi connectivity index (χ1n) is 7.80. The van der Waals surface area contributed by atoms with Crippen molar-refractivity contribution in [1.82, 2.24) is 0 Å². The fourth-order valence-electron chi connectivity index (χ4n) is 2.35. The Morgan fingerprint density at radius 2 is 1.92 bits per heavy atom. The van der Waals surface area contributed by atoms with Crippen molar-refractivity contribution in [2.75, 3.05) is 5.75 Å². The third kappa shape index (κ3) is 3.82. The molecule has 3 nitrogen and oxygen atoms in total. The van der Waals surface area contributed by atoms with Crippen molar-refractivity contribution >= 4 is 34.8 Å². The van der Waals surface area contributed by atoms with Gasteiger partial charge in [-0.1, -0.05) is 52.0 Å². The summed E-state index contributed by atoms with van der Waals surface area (Å²) in [5.74, 6) is -0.0899. The van der Waals surface area contributed by atoms with E-state index in [9.17, 15) is 9.90 Å². The summed E-state index contributed by atoms with van der Waals surface area (Å²) in [6.07, 6.45) is 0.984. The number of thiophene rings is 1. The minimum absolute atomic E-state index is 0.0353. The maximum atomic E-state index is 11.7. The van der Waals surface area contributed by atoms with Gasteiger partial charge in [0.15, 0.2) is 0 Å². The van der Waals surface area contributed by atoms with E-state index in [2.05, 4.69) is 32.5 Å². The zero-order valence-corrected chi connectivity index (χ0v) is 16.0. The van der Waals surface area contributed by atoms with Crippen LogP contribution in [0.4, 0.5) is 5.69 Å². The van der Waals surface area contributed by atoms with Gasteiger partial charge in [0.1, 0.15) is 4.88 Å². The monoisotopic (exact) mass is 359 g/mol. The number of aromatic carboxylic acids is 1. The summed E-state index contributed by atoms with van der Waals surface area (Å²) in [5.41, 5.74) is 3.04. The highest BCUT2D eigenvalue weighted by Gasteiger charge is 2.24. The molecule has 1 aromatic heterocycles. The molecule has 0 radical (unpaired) electrons. The molecule has 0 aliphatic carbocycles. The number of carbonyl (C=O) groups is 1. The molecule has 0 amide bonds. The molecule has 2 aromatic rings. The van der Waals surface area contributed by atoms with Crippen LogP contribution in [0.1, 0.15) is 49.4 Å². The van der Waals surface area contributed by atoms with Gasteiger partial charge in [-0.3, -0.25) is 0 Å². The van der Waals surface area contributed by atoms with Gasteiger partial charge < -0.3 is 5.11 Å². The highest BCUT2D eigenvalue weighted by molar-refractivity contribution is 8.01. The molecule has 0 atom stereocenters. The van der Waals surface area contributed by atoms with Crippen LogP contribution in [0.25, 0.3) is 16.0 Å². The topological polar surface area (TPSA) is 41.7 Å². The summed E-state index contributed by atoms with van der Waals surface area (Å²) in [6, 6.07) is 7.90. The number of carboxylic acids is 1. The third-order valence-corrected chi connectivity index (χ3v) is 6.27. The van der Waals surface area contributed by atoms with Gasteiger partial charge in [-0.25, -0.2) is 9.64 Å². The Balaban J connectivity index is 2.57. The molecule has 0 bridgehead atoms. The fraction of sp³-hybridized carbons (Fsp3) is 0.368. The second kappa shape index (κ2) is 7.42. The fourth-order valence-corrected chi connectivity index (χ4v) is 4.59. The average Bonchev–Trinajstić information content (AvgIpc) is 2.90. The van der Waals surface area contributed by atoms with Crippen LogP contribution in [0.5, 0.6) is 0 Å². The van der Waals surface area contributed by atoms with Gasteiger partial charge in [0.2, 0.25) is 5.69 Å². The second-order valence-corrected chi connectivity index (χ2v) is 8.92. The van der Waals surface area contributed by atoms with Gasteiger partial charge in [0.05, 0.1) is 10.8 Å². The van der Waals surface area contributed by atoms with Gasteiger partial charge in [-0.05, 0) is 28.7 Å². The minimum Gasteiger partial charge on any atom is -0.477 e. The van der Waals surface area contributed by atoms with E-state index in [-0.39, 0.29) is 10.3 Å². The molecule has 24 heavy (non-hydrogen) atoms. The molecule has 2 rings (SSSR count). The van der Waals surface area contributed by atoms with Crippen LogP contribution in [0.15, 0.2) is 28.5 Å². The maximum Gasteiger partial charge on any atom is 0.345 e. The number of nitrogens with zero attached hydrogens (tertiary/aromatic N) is 1. The van der Waals surface area contributed by atoms with E-state index in [1.165, 1.54) is 16.9 Å². The summed E-state index contributed by atoms with van der Waals surface area (Å²) in [7, 11) is 0. The molecule has 1 aromatic carbocycles. The molecule has 0 unspecified atom stereocenters. The van der Waals surface area contributed by atoms with Crippen molar-refractivity contribution in [3.05, 3.63) is 46.1 Å². The van der Waals surface area contributed by atoms with Crippen LogP contribution in [0.3, 0.4) is 0 Å². The van der Waals surface area contributed by atoms with E-state index in [1.807, 2.05) is 24.3 Å². The zero-order valence-electron chi connectivity index (χ0n) is 14.3. The molecule has 0 spiro atoms. The molecule has 0 saturated carbocycles. The van der Waals surface area contributed by atoms with Gasteiger partial charge in [0, 0.05) is 5.56 Å². The van der Waals surface area contributed by atoms with Gasteiger partial charge >= 0.3 is 5.97 Å². The molecule has 0 saturated heterocycles. The molecule has 1 heterocycles. The largest absolute Gasteiger partial charge is 0.477 e. The number of benzene rings is 1. The van der Waals surface area contributed by atoms with Crippen molar-refractivity contribution < 1.29 is 9.90 Å². The van der Waals surface area contributed by atoms with E-state index < -0.39 is 5.97 Å². The molecular formula is C19H21NO2S2. The second-order valence-electron chi connectivity index (χ2n) is 6.54. The minimum atomic E-state index is -0.969. The standard InChI is InChI=1S/C19H21NO2S2/c1-6-11-23-18-15(20-5)14(16(24-18)17(21)22)12-7-9-13(10-8-12)19(2,3)4/h7-10H,6,11H2,1-4H3,(H,21,22). The highest BCUT2D eigenvalue weighted by Crippen LogP contribution is 2.48. The molecule has 0 fully saturated rings. The van der Waals surface area contributed by atoms with Crippen molar-refractivity contribution in [1.29, 1.82) is 0 Å². The summed E-state index contributed by atoms with van der Waals surface area (Å²) >= 11 is 2.78. The number of hydrogen-bond donors (Lipinski definition) is 1. The predicted octanol–water partition coefficient (Wildman–Crippen LogP) is 6.46. The number of thioether (sulfide) groups is 1. The maximum absolute atomic E-state index is 11.7. The van der Waals surface area contributed by atoms with Crippen LogP contribution in [-0.4, -0.2) is 16.8 Å². The van der Waals surface area contributed by atoms with Crippen molar-refractivity contribution in [3.8, 4) is 11.1 Å². The lowest BCUT2D eigenvalue weighted by molar-refractivity contribution is 0.0703. The van der Waals surface area contributed by atoms with E-state index in [1.54, 1.807) is 11.8 Å². The Hall–Kier alpha value is -1.77. The summed E-state index contributed by atoms with van der Waals surface area (Å²) in [5, 5.41) is 9.57. The van der Waals surface area contributed by atoms with Crippen molar-refractivity contribution in [2.24, 2.45) is 0 Å². The Kier molecular flexibility index (Phi) is 5.74. The molecule has 0 aliphatic rings. The Morgan fingerprint density at radius 1 is 1.29 bits per heavy atom. The van der Waals surface area contributed by atoms with Crippen molar-refractivity contribution in [3.63, 3.8) is 0 Å². The summed E-state index contributed by atoms with van der Waals surface area (Å²) < 4.78 is 0.805. The zero-order chi connectivity index (χ0) is 17.9. The predicted molar refractivity (Wildman–Crippen MR) is 103 cm³/mol. The van der Waals surface area contributed by atoms with E-state index in [0.717, 1.165) is 21.9 Å². The van der Waals surface area contributed by atoms with Crippen LogP contribution in [-0.2, 0) is 5.41 Å². The quantitative estimate of drug-likeness (QED) is 0.492. The van der Waals surface area contributed by atoms with E-state index in [4.69, 9.17) is 6.57 Å². The van der Waals surface area contributed by atoms with Gasteiger partial charge in [0.25, 0.3) is 0 Å². The third-order valence-electron chi connectivity index (χ3n) is 3.63. The SMILES string of the molecule is [C-]#[N+]c1c(SCCC)sc(C(=O)O)c1-c1ccc(C(C)(C)C)cc1. The highest BCUT2D eigenvalue weighted by atomic mass is 32.2. The number of rotatable bonds is 5. The summed E-state index contributed by atoms with van der Waals surface area (Å²) in [4.78, 5) is 15.6. The molecule has 126 valence electrons. The van der Waals surface area contributed by atoms with Crippen LogP contribution < -0.4 is 0 Å². The first-order valence-corrected chi connectivity index (χ1v) is 9.61. The lowest BCUT2D eigenvalue weighted by Crippen LogP contribution is -2.10. The van der Waals surface area contributed by atoms with Crippen molar-refractivity contribution in [2.45, 2.75) is 43.7 Å². The lowest BCUT2D eigenvalue weighted by Gasteiger charge is -2.19. The molecule has 5 heteroatoms. The van der Waals surface area contributed by atoms with Crippen LogP contribution in [0.2, 0.25) is 0 Å². The van der Waals surface area contributed by atoms with E-state index >= 15 is 0 Å². The van der Waals surface area contributed by atoms with Gasteiger partial charge in [-0.2, -0.15) is 0 Å². The average molecular weight is 360 g/mol. The first kappa shape index (κ1) is 18.6. The molecular weight excluding hydrogens is 338 g/mol. The summed E-state index contributed by atoms with van der Waals surface area (Å²) in [6.45, 7) is 16.0. The van der Waals surface area contributed by atoms with Gasteiger partial charge in [-0.15, -0.1) is 23.1 Å². The van der Waals surface area contributed by atoms with E-state index in [0.29, 0.717) is 11.3 Å². The number of hydrogen-bond acceptors (Lipinski definition) is 3. The Bertz CT molecular complexity index is 777. The smallest absolute Gasteiger partial charge is 0.345 e. The molecule has 0 aliphatic heterocycles. The molecule has 1 N–H and O–H groups in total. The normalized spacial score (nSPS) is 11.3. The van der Waals surface area contributed by atoms with Crippen LogP contribution >= 0.6 is 23.1 Å².